The molecule has 0 aromatic carbocycles. The van der Waals surface area contributed by atoms with Gasteiger partial charge in [0.25, 0.3) is 0 Å². The van der Waals surface area contributed by atoms with Crippen LogP contribution in [0.5, 0.6) is 0 Å². The SMILES string of the molecule is CCNC(=NCc1cc(Cl)c(Cl)n1C)NCC1(OC)CCOCC1.I. The van der Waals surface area contributed by atoms with Gasteiger partial charge in [0.05, 0.1) is 17.2 Å². The second-order valence-electron chi connectivity index (χ2n) is 5.88. The van der Waals surface area contributed by atoms with Crippen molar-refractivity contribution in [1.29, 1.82) is 0 Å². The quantitative estimate of drug-likeness (QED) is 0.355. The standard InChI is InChI=1S/C16H26Cl2N4O2.HI/c1-4-19-15(20-10-12-9-13(17)14(18)22(12)2)21-11-16(23-3)5-7-24-8-6-16;/h9H,4-8,10-11H2,1-3H3,(H2,19,20,21);1H. The van der Waals surface area contributed by atoms with Gasteiger partial charge in [-0.25, -0.2) is 4.99 Å². The van der Waals surface area contributed by atoms with Crippen LogP contribution in [0.2, 0.25) is 10.2 Å². The highest BCUT2D eigenvalue weighted by Gasteiger charge is 2.32. The number of methoxy groups -OCH3 is 1. The number of rotatable bonds is 6. The van der Waals surface area contributed by atoms with Gasteiger partial charge in [0.1, 0.15) is 5.15 Å². The summed E-state index contributed by atoms with van der Waals surface area (Å²) < 4.78 is 13.0. The van der Waals surface area contributed by atoms with Gasteiger partial charge in [-0.15, -0.1) is 24.0 Å². The molecular weight excluding hydrogens is 478 g/mol. The zero-order valence-corrected chi connectivity index (χ0v) is 18.7. The van der Waals surface area contributed by atoms with E-state index in [1.807, 2.05) is 24.6 Å². The number of nitrogens with one attached hydrogen (secondary N) is 2. The number of ether oxygens (including phenoxy) is 2. The van der Waals surface area contributed by atoms with Crippen molar-refractivity contribution in [3.8, 4) is 0 Å². The molecule has 0 atom stereocenters. The van der Waals surface area contributed by atoms with Gasteiger partial charge in [0.2, 0.25) is 0 Å². The summed E-state index contributed by atoms with van der Waals surface area (Å²) in [5, 5.41) is 7.70. The van der Waals surface area contributed by atoms with E-state index in [0.29, 0.717) is 23.3 Å². The lowest BCUT2D eigenvalue weighted by atomic mass is 9.94. The fourth-order valence-corrected chi connectivity index (χ4v) is 3.10. The van der Waals surface area contributed by atoms with Crippen LogP contribution in [0.15, 0.2) is 11.1 Å². The van der Waals surface area contributed by atoms with Crippen molar-refractivity contribution in [2.75, 3.05) is 33.4 Å². The lowest BCUT2D eigenvalue weighted by Gasteiger charge is -2.36. The molecule has 144 valence electrons. The van der Waals surface area contributed by atoms with Crippen LogP contribution < -0.4 is 10.6 Å². The van der Waals surface area contributed by atoms with Gasteiger partial charge in [0.15, 0.2) is 5.96 Å². The Morgan fingerprint density at radius 1 is 1.36 bits per heavy atom. The van der Waals surface area contributed by atoms with Crippen LogP contribution in [-0.4, -0.2) is 49.5 Å². The van der Waals surface area contributed by atoms with E-state index >= 15 is 0 Å². The number of halogens is 3. The second-order valence-corrected chi connectivity index (χ2v) is 6.65. The average molecular weight is 505 g/mol. The third-order valence-corrected chi connectivity index (χ3v) is 5.22. The second kappa shape index (κ2) is 10.8. The predicted octanol–water partition coefficient (Wildman–Crippen LogP) is 3.20. The van der Waals surface area contributed by atoms with Crippen molar-refractivity contribution >= 4 is 53.1 Å². The molecule has 6 nitrogen and oxygen atoms in total. The Labute approximate surface area is 176 Å². The average Bonchev–Trinajstić information content (AvgIpc) is 2.85. The highest BCUT2D eigenvalue weighted by Crippen LogP contribution is 2.25. The molecule has 1 aliphatic heterocycles. The molecule has 0 unspecified atom stereocenters. The molecule has 0 radical (unpaired) electrons. The number of hydrogen-bond acceptors (Lipinski definition) is 3. The van der Waals surface area contributed by atoms with Crippen LogP contribution in [0.4, 0.5) is 0 Å². The van der Waals surface area contributed by atoms with Gasteiger partial charge >= 0.3 is 0 Å². The van der Waals surface area contributed by atoms with Crippen molar-refractivity contribution in [1.82, 2.24) is 15.2 Å². The van der Waals surface area contributed by atoms with Crippen molar-refractivity contribution in [3.63, 3.8) is 0 Å². The van der Waals surface area contributed by atoms with Gasteiger partial charge in [-0.1, -0.05) is 23.2 Å². The Hall–Kier alpha value is -0.220. The summed E-state index contributed by atoms with van der Waals surface area (Å²) >= 11 is 12.1. The summed E-state index contributed by atoms with van der Waals surface area (Å²) in [6, 6.07) is 1.84. The maximum absolute atomic E-state index is 6.10. The normalized spacial score (nSPS) is 17.1. The molecule has 2 heterocycles. The predicted molar refractivity (Wildman–Crippen MR) is 113 cm³/mol. The molecule has 0 saturated carbocycles. The minimum atomic E-state index is -0.202. The maximum atomic E-state index is 6.10. The molecule has 9 heteroatoms. The first-order chi connectivity index (χ1) is 11.5. The van der Waals surface area contributed by atoms with E-state index in [4.69, 9.17) is 32.7 Å². The minimum absolute atomic E-state index is 0. The number of guanidine groups is 1. The molecule has 1 aliphatic rings. The van der Waals surface area contributed by atoms with Gasteiger partial charge < -0.3 is 24.7 Å². The monoisotopic (exact) mass is 504 g/mol. The summed E-state index contributed by atoms with van der Waals surface area (Å²) in [6.07, 6.45) is 1.75. The van der Waals surface area contributed by atoms with Crippen molar-refractivity contribution in [3.05, 3.63) is 21.9 Å². The third-order valence-electron chi connectivity index (χ3n) is 4.37. The Morgan fingerprint density at radius 3 is 2.56 bits per heavy atom. The Balaban J connectivity index is 0.00000312. The van der Waals surface area contributed by atoms with E-state index in [2.05, 4.69) is 15.6 Å². The highest BCUT2D eigenvalue weighted by atomic mass is 127. The molecule has 1 aromatic heterocycles. The molecule has 1 fully saturated rings. The molecule has 25 heavy (non-hydrogen) atoms. The summed E-state index contributed by atoms with van der Waals surface area (Å²) in [5.74, 6) is 0.744. The van der Waals surface area contributed by atoms with E-state index in [-0.39, 0.29) is 29.6 Å². The van der Waals surface area contributed by atoms with Gasteiger partial charge in [-0.05, 0) is 13.0 Å². The number of hydrogen-bond donors (Lipinski definition) is 2. The summed E-state index contributed by atoms with van der Waals surface area (Å²) in [4.78, 5) is 4.62. The van der Waals surface area contributed by atoms with Crippen LogP contribution in [-0.2, 0) is 23.1 Å². The summed E-state index contributed by atoms with van der Waals surface area (Å²) in [7, 11) is 3.63. The van der Waals surface area contributed by atoms with Crippen LogP contribution in [0.25, 0.3) is 0 Å². The van der Waals surface area contributed by atoms with Crippen molar-refractivity contribution in [2.45, 2.75) is 31.9 Å². The van der Waals surface area contributed by atoms with Crippen molar-refractivity contribution in [2.24, 2.45) is 12.0 Å². The first-order valence-electron chi connectivity index (χ1n) is 8.16. The molecule has 1 saturated heterocycles. The molecule has 0 bridgehead atoms. The Morgan fingerprint density at radius 2 is 2.04 bits per heavy atom. The lowest BCUT2D eigenvalue weighted by molar-refractivity contribution is -0.0855. The van der Waals surface area contributed by atoms with E-state index in [0.717, 1.165) is 44.3 Å². The van der Waals surface area contributed by atoms with Crippen LogP contribution in [0.3, 0.4) is 0 Å². The highest BCUT2D eigenvalue weighted by molar-refractivity contribution is 14.0. The molecule has 1 aromatic rings. The van der Waals surface area contributed by atoms with Gasteiger partial charge in [0, 0.05) is 59.0 Å². The van der Waals surface area contributed by atoms with E-state index in [9.17, 15) is 0 Å². The number of nitrogens with zero attached hydrogens (tertiary/aromatic N) is 2. The minimum Gasteiger partial charge on any atom is -0.381 e. The first-order valence-corrected chi connectivity index (χ1v) is 8.91. The van der Waals surface area contributed by atoms with Crippen molar-refractivity contribution < 1.29 is 9.47 Å². The molecule has 0 spiro atoms. The van der Waals surface area contributed by atoms with E-state index in [1.165, 1.54) is 0 Å². The Kier molecular flexibility index (Phi) is 9.87. The van der Waals surface area contributed by atoms with Crippen LogP contribution in [0.1, 0.15) is 25.5 Å². The smallest absolute Gasteiger partial charge is 0.191 e. The third kappa shape index (κ3) is 6.16. The van der Waals surface area contributed by atoms with Gasteiger partial charge in [-0.2, -0.15) is 0 Å². The molecule has 2 rings (SSSR count). The zero-order chi connectivity index (χ0) is 17.6. The van der Waals surface area contributed by atoms with Gasteiger partial charge in [-0.3, -0.25) is 0 Å². The first kappa shape index (κ1) is 22.8. The van der Waals surface area contributed by atoms with E-state index in [1.54, 1.807) is 7.11 Å². The summed E-state index contributed by atoms with van der Waals surface area (Å²) in [5.41, 5.74) is 0.751. The maximum Gasteiger partial charge on any atom is 0.191 e. The molecule has 0 amide bonds. The fourth-order valence-electron chi connectivity index (χ4n) is 2.68. The largest absolute Gasteiger partial charge is 0.381 e. The molecule has 2 N–H and O–H groups in total. The van der Waals surface area contributed by atoms with Crippen LogP contribution >= 0.6 is 47.2 Å². The fraction of sp³-hybridized carbons (Fsp3) is 0.688. The molecular formula is C16H27Cl2IN4O2. The number of aliphatic imine (C=N–C) groups is 1. The van der Waals surface area contributed by atoms with E-state index < -0.39 is 0 Å². The molecule has 0 aliphatic carbocycles. The zero-order valence-electron chi connectivity index (χ0n) is 14.9. The lowest BCUT2D eigenvalue weighted by Crippen LogP contribution is -2.50. The summed E-state index contributed by atoms with van der Waals surface area (Å²) in [6.45, 7) is 5.44. The number of aromatic nitrogens is 1. The Bertz CT molecular complexity index is 575. The topological polar surface area (TPSA) is 59.8 Å². The van der Waals surface area contributed by atoms with Crippen LogP contribution in [0, 0.1) is 0 Å².